The van der Waals surface area contributed by atoms with Crippen molar-refractivity contribution in [1.29, 1.82) is 5.26 Å². The summed E-state index contributed by atoms with van der Waals surface area (Å²) in [4.78, 5) is 0. The number of nitriles is 1. The molecule has 0 saturated heterocycles. The molecule has 0 radical (unpaired) electrons. The summed E-state index contributed by atoms with van der Waals surface area (Å²) in [5.74, 6) is 0.906. The van der Waals surface area contributed by atoms with E-state index in [2.05, 4.69) is 86.0 Å². The highest BCUT2D eigenvalue weighted by Gasteiger charge is 2.08. The zero-order chi connectivity index (χ0) is 13.8. The zero-order valence-corrected chi connectivity index (χ0v) is 16.1. The minimum absolute atomic E-state index is 0.474. The molecule has 0 heterocycles. The molecule has 2 nitrogen and oxygen atoms in total. The fraction of sp³-hybridized carbons (Fsp3) is 0.0714. The SMILES string of the molecule is N#Cc1cccc(COc2c(I)cc(I)cc2I)c1. The van der Waals surface area contributed by atoms with Crippen molar-refractivity contribution in [1.82, 2.24) is 0 Å². The molecule has 5 heteroatoms. The Kier molecular flexibility index (Phi) is 5.70. The summed E-state index contributed by atoms with van der Waals surface area (Å²) in [5.41, 5.74) is 1.66. The molecule has 0 spiro atoms. The molecule has 0 fully saturated rings. The summed E-state index contributed by atoms with van der Waals surface area (Å²) in [5, 5.41) is 8.87. The Bertz CT molecular complexity index is 626. The second kappa shape index (κ2) is 7.08. The minimum Gasteiger partial charge on any atom is -0.487 e. The van der Waals surface area contributed by atoms with Crippen molar-refractivity contribution >= 4 is 67.8 Å². The van der Waals surface area contributed by atoms with E-state index in [0.29, 0.717) is 12.2 Å². The highest BCUT2D eigenvalue weighted by Crippen LogP contribution is 2.30. The third-order valence-corrected chi connectivity index (χ3v) is 4.63. The maximum atomic E-state index is 8.87. The largest absolute Gasteiger partial charge is 0.487 e. The van der Waals surface area contributed by atoms with Gasteiger partial charge < -0.3 is 4.74 Å². The van der Waals surface area contributed by atoms with Crippen LogP contribution in [0.3, 0.4) is 0 Å². The van der Waals surface area contributed by atoms with Crippen LogP contribution in [0.5, 0.6) is 5.75 Å². The van der Waals surface area contributed by atoms with Crippen LogP contribution in [0.15, 0.2) is 36.4 Å². The van der Waals surface area contributed by atoms with Crippen molar-refractivity contribution in [2.45, 2.75) is 6.61 Å². The van der Waals surface area contributed by atoms with Crippen LogP contribution in [-0.2, 0) is 6.61 Å². The van der Waals surface area contributed by atoms with Gasteiger partial charge >= 0.3 is 0 Å². The van der Waals surface area contributed by atoms with Crippen LogP contribution in [0.2, 0.25) is 0 Å². The fourth-order valence-electron chi connectivity index (χ4n) is 1.55. The number of hydrogen-bond acceptors (Lipinski definition) is 2. The summed E-state index contributed by atoms with van der Waals surface area (Å²) in [6.07, 6.45) is 0. The van der Waals surface area contributed by atoms with Gasteiger partial charge in [0, 0.05) is 3.57 Å². The van der Waals surface area contributed by atoms with Gasteiger partial charge in [0.05, 0.1) is 18.8 Å². The van der Waals surface area contributed by atoms with Gasteiger partial charge in [0.1, 0.15) is 12.4 Å². The number of nitrogens with zero attached hydrogens (tertiary/aromatic N) is 1. The lowest BCUT2D eigenvalue weighted by molar-refractivity contribution is 0.301. The van der Waals surface area contributed by atoms with Gasteiger partial charge in [0.2, 0.25) is 0 Å². The molecule has 0 aliphatic rings. The van der Waals surface area contributed by atoms with Gasteiger partial charge in [-0.25, -0.2) is 0 Å². The van der Waals surface area contributed by atoms with Gasteiger partial charge in [-0.05, 0) is 97.6 Å². The monoisotopic (exact) mass is 587 g/mol. The molecule has 0 N–H and O–H groups in total. The molecule has 0 aromatic heterocycles. The lowest BCUT2D eigenvalue weighted by Crippen LogP contribution is -1.99. The van der Waals surface area contributed by atoms with Crippen LogP contribution < -0.4 is 4.74 Å². The van der Waals surface area contributed by atoms with E-state index in [-0.39, 0.29) is 0 Å². The molecule has 2 aromatic rings. The quantitative estimate of drug-likeness (QED) is 0.477. The molecule has 19 heavy (non-hydrogen) atoms. The first-order chi connectivity index (χ1) is 9.10. The first kappa shape index (κ1) is 15.3. The molecular weight excluding hydrogens is 579 g/mol. The molecule has 2 rings (SSSR count). The van der Waals surface area contributed by atoms with Gasteiger partial charge in [0.15, 0.2) is 0 Å². The Labute approximate surface area is 153 Å². The summed E-state index contributed by atoms with van der Waals surface area (Å²) >= 11 is 6.86. The molecule has 0 unspecified atom stereocenters. The van der Waals surface area contributed by atoms with Crippen LogP contribution in [0.1, 0.15) is 11.1 Å². The molecule has 2 aromatic carbocycles. The number of hydrogen-bond donors (Lipinski definition) is 0. The van der Waals surface area contributed by atoms with E-state index in [1.807, 2.05) is 18.2 Å². The Morgan fingerprint density at radius 2 is 1.74 bits per heavy atom. The third-order valence-electron chi connectivity index (χ3n) is 2.40. The van der Waals surface area contributed by atoms with Crippen LogP contribution in [0, 0.1) is 22.0 Å². The molecule has 0 bridgehead atoms. The molecular formula is C14H8I3NO. The highest BCUT2D eigenvalue weighted by atomic mass is 127. The van der Waals surface area contributed by atoms with Crippen molar-refractivity contribution in [3.8, 4) is 11.8 Å². The van der Waals surface area contributed by atoms with E-state index in [0.717, 1.165) is 18.5 Å². The van der Waals surface area contributed by atoms with Crippen LogP contribution in [0.4, 0.5) is 0 Å². The normalized spacial score (nSPS) is 10.0. The second-order valence-corrected chi connectivity index (χ2v) is 7.37. The predicted octanol–water partition coefficient (Wildman–Crippen LogP) is 4.95. The zero-order valence-electron chi connectivity index (χ0n) is 9.66. The summed E-state index contributed by atoms with van der Waals surface area (Å²) in [6, 6.07) is 13.8. The summed E-state index contributed by atoms with van der Waals surface area (Å²) in [6.45, 7) is 0.474. The van der Waals surface area contributed by atoms with Gasteiger partial charge in [0.25, 0.3) is 0 Å². The maximum absolute atomic E-state index is 8.87. The average Bonchev–Trinajstić information content (AvgIpc) is 2.37. The fourth-order valence-corrected chi connectivity index (χ4v) is 5.45. The molecule has 0 aliphatic carbocycles. The number of benzene rings is 2. The Morgan fingerprint density at radius 3 is 2.37 bits per heavy atom. The molecule has 96 valence electrons. The van der Waals surface area contributed by atoms with Crippen LogP contribution in [-0.4, -0.2) is 0 Å². The van der Waals surface area contributed by atoms with E-state index < -0.39 is 0 Å². The van der Waals surface area contributed by atoms with Crippen molar-refractivity contribution in [2.75, 3.05) is 0 Å². The predicted molar refractivity (Wildman–Crippen MR) is 100 cm³/mol. The van der Waals surface area contributed by atoms with E-state index in [9.17, 15) is 0 Å². The van der Waals surface area contributed by atoms with E-state index >= 15 is 0 Å². The van der Waals surface area contributed by atoms with E-state index in [4.69, 9.17) is 10.00 Å². The summed E-state index contributed by atoms with van der Waals surface area (Å²) in [7, 11) is 0. The molecule has 0 amide bonds. The Balaban J connectivity index is 2.17. The van der Waals surface area contributed by atoms with Crippen molar-refractivity contribution in [3.05, 3.63) is 58.2 Å². The third kappa shape index (κ3) is 4.19. The minimum atomic E-state index is 0.474. The Hall–Kier alpha value is -0.0800. The second-order valence-electron chi connectivity index (χ2n) is 3.80. The van der Waals surface area contributed by atoms with Crippen LogP contribution >= 0.6 is 67.8 Å². The first-order valence-electron chi connectivity index (χ1n) is 5.36. The van der Waals surface area contributed by atoms with Crippen molar-refractivity contribution in [2.24, 2.45) is 0 Å². The highest BCUT2D eigenvalue weighted by molar-refractivity contribution is 14.1. The molecule has 0 saturated carbocycles. The number of halogens is 3. The van der Waals surface area contributed by atoms with Crippen molar-refractivity contribution < 1.29 is 4.74 Å². The molecule has 0 aliphatic heterocycles. The van der Waals surface area contributed by atoms with E-state index in [1.54, 1.807) is 6.07 Å². The van der Waals surface area contributed by atoms with Gasteiger partial charge in [-0.3, -0.25) is 0 Å². The lowest BCUT2D eigenvalue weighted by atomic mass is 10.1. The topological polar surface area (TPSA) is 33.0 Å². The lowest BCUT2D eigenvalue weighted by Gasteiger charge is -2.11. The number of rotatable bonds is 3. The Morgan fingerprint density at radius 1 is 1.05 bits per heavy atom. The van der Waals surface area contributed by atoms with Crippen LogP contribution in [0.25, 0.3) is 0 Å². The first-order valence-corrected chi connectivity index (χ1v) is 8.60. The van der Waals surface area contributed by atoms with Gasteiger partial charge in [-0.15, -0.1) is 0 Å². The average molecular weight is 587 g/mol. The smallest absolute Gasteiger partial charge is 0.146 e. The molecule has 0 atom stereocenters. The van der Waals surface area contributed by atoms with Gasteiger partial charge in [-0.1, -0.05) is 12.1 Å². The van der Waals surface area contributed by atoms with Gasteiger partial charge in [-0.2, -0.15) is 5.26 Å². The maximum Gasteiger partial charge on any atom is 0.146 e. The van der Waals surface area contributed by atoms with Crippen molar-refractivity contribution in [3.63, 3.8) is 0 Å². The number of ether oxygens (including phenoxy) is 1. The van der Waals surface area contributed by atoms with E-state index in [1.165, 1.54) is 3.57 Å². The standard InChI is InChI=1S/C14H8I3NO/c15-11-5-12(16)14(13(17)6-11)19-8-10-3-1-2-9(4-10)7-18/h1-6H,8H2. The summed E-state index contributed by atoms with van der Waals surface area (Å²) < 4.78 is 9.28.